The van der Waals surface area contributed by atoms with Crippen molar-refractivity contribution >= 4 is 6.09 Å². The van der Waals surface area contributed by atoms with Crippen LogP contribution in [-0.4, -0.2) is 23.5 Å². The highest BCUT2D eigenvalue weighted by Gasteiger charge is 2.31. The third-order valence-corrected chi connectivity index (χ3v) is 2.99. The van der Waals surface area contributed by atoms with Crippen LogP contribution in [0.1, 0.15) is 57.9 Å². The molecular weight excluding hydrogens is 260 g/mol. The number of fused-ring (bicyclic) bond motifs is 1. The van der Waals surface area contributed by atoms with Crippen LogP contribution < -0.4 is 10.1 Å². The van der Waals surface area contributed by atoms with Crippen LogP contribution in [0.15, 0.2) is 4.52 Å². The molecule has 112 valence electrons. The third kappa shape index (κ3) is 3.43. The summed E-state index contributed by atoms with van der Waals surface area (Å²) in [6, 6.07) is -0.165. The minimum Gasteiger partial charge on any atom is -0.476 e. The van der Waals surface area contributed by atoms with Crippen molar-refractivity contribution in [1.82, 2.24) is 10.5 Å². The molecule has 20 heavy (non-hydrogen) atoms. The molecule has 6 nitrogen and oxygen atoms in total. The monoisotopic (exact) mass is 282 g/mol. The van der Waals surface area contributed by atoms with Crippen molar-refractivity contribution in [2.45, 2.75) is 58.6 Å². The van der Waals surface area contributed by atoms with Crippen molar-refractivity contribution < 1.29 is 18.8 Å². The maximum absolute atomic E-state index is 11.9. The van der Waals surface area contributed by atoms with E-state index in [0.29, 0.717) is 12.5 Å². The molecule has 2 rings (SSSR count). The second kappa shape index (κ2) is 5.73. The van der Waals surface area contributed by atoms with Gasteiger partial charge in [-0.25, -0.2) is 4.79 Å². The molecule has 0 aromatic carbocycles. The van der Waals surface area contributed by atoms with Gasteiger partial charge in [-0.2, -0.15) is 0 Å². The van der Waals surface area contributed by atoms with Crippen LogP contribution in [0.2, 0.25) is 0 Å². The summed E-state index contributed by atoms with van der Waals surface area (Å²) in [6.07, 6.45) is 2.16. The highest BCUT2D eigenvalue weighted by atomic mass is 16.6. The summed E-state index contributed by atoms with van der Waals surface area (Å²) in [6.45, 7) is 7.91. The Kier molecular flexibility index (Phi) is 4.20. The maximum atomic E-state index is 11.9. The molecule has 1 aromatic rings. The van der Waals surface area contributed by atoms with Gasteiger partial charge in [0.2, 0.25) is 0 Å². The van der Waals surface area contributed by atoms with Gasteiger partial charge in [-0.1, -0.05) is 0 Å². The molecule has 0 bridgehead atoms. The fraction of sp³-hybridized carbons (Fsp3) is 0.714. The van der Waals surface area contributed by atoms with E-state index in [1.54, 1.807) is 0 Å². The summed E-state index contributed by atoms with van der Waals surface area (Å²) in [4.78, 5) is 11.9. The van der Waals surface area contributed by atoms with Crippen LogP contribution >= 0.6 is 0 Å². The number of hydrogen-bond acceptors (Lipinski definition) is 5. The van der Waals surface area contributed by atoms with Gasteiger partial charge >= 0.3 is 6.09 Å². The predicted molar refractivity (Wildman–Crippen MR) is 72.7 cm³/mol. The number of carbonyl (C=O) groups excluding carboxylic acids is 1. The van der Waals surface area contributed by atoms with E-state index >= 15 is 0 Å². The van der Waals surface area contributed by atoms with Gasteiger partial charge in [0.1, 0.15) is 11.4 Å². The first-order valence-corrected chi connectivity index (χ1v) is 7.01. The smallest absolute Gasteiger partial charge is 0.408 e. The zero-order chi connectivity index (χ0) is 14.8. The minimum absolute atomic E-state index is 0.165. The van der Waals surface area contributed by atoms with E-state index in [1.165, 1.54) is 0 Å². The summed E-state index contributed by atoms with van der Waals surface area (Å²) in [7, 11) is 0. The van der Waals surface area contributed by atoms with Gasteiger partial charge < -0.3 is 19.3 Å². The standard InChI is InChI=1S/C14H22N2O4/c1-5-18-12-11-9(7-6-8-10(11)20-16-12)15-13(17)19-14(2,3)4/h9H,5-8H2,1-4H3,(H,15,17)/t9-/m1/s1. The van der Waals surface area contributed by atoms with Crippen molar-refractivity contribution in [1.29, 1.82) is 0 Å². The molecule has 1 N–H and O–H groups in total. The first-order chi connectivity index (χ1) is 9.40. The van der Waals surface area contributed by atoms with Gasteiger partial charge in [-0.05, 0) is 45.7 Å². The van der Waals surface area contributed by atoms with Gasteiger partial charge in [-0.3, -0.25) is 0 Å². The second-order valence-electron chi connectivity index (χ2n) is 5.85. The van der Waals surface area contributed by atoms with Crippen molar-refractivity contribution in [3.05, 3.63) is 11.3 Å². The Bertz CT molecular complexity index is 476. The Morgan fingerprint density at radius 3 is 2.90 bits per heavy atom. The number of rotatable bonds is 3. The topological polar surface area (TPSA) is 73.6 Å². The lowest BCUT2D eigenvalue weighted by Crippen LogP contribution is -2.36. The van der Waals surface area contributed by atoms with E-state index in [2.05, 4.69) is 10.5 Å². The van der Waals surface area contributed by atoms with E-state index < -0.39 is 11.7 Å². The molecule has 6 heteroatoms. The van der Waals surface area contributed by atoms with Gasteiger partial charge in [0.15, 0.2) is 0 Å². The average molecular weight is 282 g/mol. The van der Waals surface area contributed by atoms with Crippen LogP contribution in [0.3, 0.4) is 0 Å². The van der Waals surface area contributed by atoms with E-state index in [4.69, 9.17) is 14.0 Å². The van der Waals surface area contributed by atoms with Crippen LogP contribution in [0, 0.1) is 0 Å². The van der Waals surface area contributed by atoms with Gasteiger partial charge in [-0.15, -0.1) is 0 Å². The molecule has 1 aliphatic carbocycles. The Hall–Kier alpha value is -1.72. The largest absolute Gasteiger partial charge is 0.476 e. The second-order valence-corrected chi connectivity index (χ2v) is 5.85. The minimum atomic E-state index is -0.515. The fourth-order valence-electron chi connectivity index (χ4n) is 2.28. The first-order valence-electron chi connectivity index (χ1n) is 7.01. The molecule has 0 aliphatic heterocycles. The number of aromatic nitrogens is 1. The Balaban J connectivity index is 2.11. The summed E-state index contributed by atoms with van der Waals surface area (Å²) in [5.74, 6) is 1.27. The summed E-state index contributed by atoms with van der Waals surface area (Å²) < 4.78 is 16.0. The number of aryl methyl sites for hydroxylation is 1. The van der Waals surface area contributed by atoms with Crippen LogP contribution in [0.5, 0.6) is 5.88 Å². The molecule has 0 saturated carbocycles. The van der Waals surface area contributed by atoms with Gasteiger partial charge in [0.25, 0.3) is 5.88 Å². The van der Waals surface area contributed by atoms with Crippen LogP contribution in [0.25, 0.3) is 0 Å². The molecule has 0 spiro atoms. The maximum Gasteiger partial charge on any atom is 0.408 e. The molecule has 0 unspecified atom stereocenters. The van der Waals surface area contributed by atoms with Crippen LogP contribution in [0.4, 0.5) is 4.79 Å². The van der Waals surface area contributed by atoms with Gasteiger partial charge in [0, 0.05) is 6.42 Å². The zero-order valence-electron chi connectivity index (χ0n) is 12.5. The number of ether oxygens (including phenoxy) is 2. The van der Waals surface area contributed by atoms with Crippen molar-refractivity contribution in [3.8, 4) is 5.88 Å². The molecule has 1 aromatic heterocycles. The predicted octanol–water partition coefficient (Wildman–Crippen LogP) is 2.98. The zero-order valence-corrected chi connectivity index (χ0v) is 12.5. The quantitative estimate of drug-likeness (QED) is 0.922. The van der Waals surface area contributed by atoms with Crippen molar-refractivity contribution in [2.75, 3.05) is 6.61 Å². The Labute approximate surface area is 118 Å². The highest BCUT2D eigenvalue weighted by molar-refractivity contribution is 5.68. The lowest BCUT2D eigenvalue weighted by atomic mass is 9.93. The van der Waals surface area contributed by atoms with E-state index in [0.717, 1.165) is 30.6 Å². The molecule has 0 saturated heterocycles. The molecule has 1 amide bonds. The van der Waals surface area contributed by atoms with E-state index in [1.807, 2.05) is 27.7 Å². The molecular formula is C14H22N2O4. The van der Waals surface area contributed by atoms with Crippen LogP contribution in [-0.2, 0) is 11.2 Å². The summed E-state index contributed by atoms with van der Waals surface area (Å²) in [5.41, 5.74) is 0.336. The van der Waals surface area contributed by atoms with E-state index in [9.17, 15) is 4.79 Å². The first kappa shape index (κ1) is 14.7. The SMILES string of the molecule is CCOc1noc2c1[C@H](NC(=O)OC(C)(C)C)CCC2. The number of hydrogen-bond donors (Lipinski definition) is 1. The highest BCUT2D eigenvalue weighted by Crippen LogP contribution is 2.36. The normalized spacial score (nSPS) is 18.3. The molecule has 1 heterocycles. The Morgan fingerprint density at radius 2 is 2.25 bits per heavy atom. The van der Waals surface area contributed by atoms with Crippen molar-refractivity contribution in [3.63, 3.8) is 0 Å². The fourth-order valence-corrected chi connectivity index (χ4v) is 2.28. The summed E-state index contributed by atoms with van der Waals surface area (Å²) in [5, 5.41) is 6.81. The summed E-state index contributed by atoms with van der Waals surface area (Å²) >= 11 is 0. The Morgan fingerprint density at radius 1 is 1.50 bits per heavy atom. The number of nitrogens with one attached hydrogen (secondary N) is 1. The molecule has 1 atom stereocenters. The third-order valence-electron chi connectivity index (χ3n) is 2.99. The number of nitrogens with zero attached hydrogens (tertiary/aromatic N) is 1. The average Bonchev–Trinajstić information content (AvgIpc) is 2.71. The van der Waals surface area contributed by atoms with Crippen molar-refractivity contribution in [2.24, 2.45) is 0 Å². The molecule has 0 radical (unpaired) electrons. The number of amides is 1. The van der Waals surface area contributed by atoms with Gasteiger partial charge in [0.05, 0.1) is 18.2 Å². The number of carbonyl (C=O) groups is 1. The van der Waals surface area contributed by atoms with E-state index in [-0.39, 0.29) is 6.04 Å². The number of alkyl carbamates (subject to hydrolysis) is 1. The lowest BCUT2D eigenvalue weighted by Gasteiger charge is -2.25. The lowest BCUT2D eigenvalue weighted by molar-refractivity contribution is 0.0497. The molecule has 1 aliphatic rings. The molecule has 0 fully saturated rings.